The number of esters is 1. The number of carbonyl (C=O) groups is 3. The molecule has 0 aromatic carbocycles. The van der Waals surface area contributed by atoms with E-state index in [9.17, 15) is 22.8 Å². The molecule has 1 rings (SSSR count). The van der Waals surface area contributed by atoms with Crippen LogP contribution in [0.3, 0.4) is 0 Å². The van der Waals surface area contributed by atoms with Gasteiger partial charge in [-0.1, -0.05) is 0 Å². The fraction of sp³-hybridized carbons (Fsp3) is 0.500. The number of ether oxygens (including phenoxy) is 1. The van der Waals surface area contributed by atoms with Gasteiger partial charge in [0.1, 0.15) is 0 Å². The van der Waals surface area contributed by atoms with Gasteiger partial charge in [-0.25, -0.2) is 13.1 Å². The third-order valence-electron chi connectivity index (χ3n) is 1.51. The van der Waals surface area contributed by atoms with Crippen molar-refractivity contribution >= 4 is 27.7 Å². The molecule has 1 N–H and O–H groups in total. The summed E-state index contributed by atoms with van der Waals surface area (Å²) in [4.78, 5) is 32.6. The minimum Gasteiger partial charge on any atom is -0.465 e. The fourth-order valence-electron chi connectivity index (χ4n) is 0.950. The highest BCUT2D eigenvalue weighted by molar-refractivity contribution is 7.93. The van der Waals surface area contributed by atoms with Crippen molar-refractivity contribution in [1.29, 1.82) is 0 Å². The first kappa shape index (κ1) is 10.6. The molecule has 14 heavy (non-hydrogen) atoms. The van der Waals surface area contributed by atoms with Crippen LogP contribution >= 0.6 is 0 Å². The molecule has 8 heteroatoms. The highest BCUT2D eigenvalue weighted by Crippen LogP contribution is 2.10. The van der Waals surface area contributed by atoms with Crippen LogP contribution in [-0.4, -0.2) is 37.9 Å². The lowest BCUT2D eigenvalue weighted by Gasteiger charge is -2.04. The standard InChI is InChI=1S/C6H7NO6S/c1-2-13-6(10)4-3(8)5(9)7-14(4,11)12/h4H,2H2,1H3,(H,7,9). The lowest BCUT2D eigenvalue weighted by atomic mass is 10.3. The van der Waals surface area contributed by atoms with Crippen LogP contribution in [0.1, 0.15) is 6.92 Å². The van der Waals surface area contributed by atoms with Gasteiger partial charge in [-0.2, -0.15) is 0 Å². The summed E-state index contributed by atoms with van der Waals surface area (Å²) >= 11 is 0. The number of hydrogen-bond donors (Lipinski definition) is 1. The van der Waals surface area contributed by atoms with Crippen molar-refractivity contribution < 1.29 is 27.5 Å². The Balaban J connectivity index is 3.03. The minimum absolute atomic E-state index is 0.0632. The molecule has 0 spiro atoms. The Morgan fingerprint density at radius 2 is 2.07 bits per heavy atom. The zero-order valence-electron chi connectivity index (χ0n) is 7.14. The summed E-state index contributed by atoms with van der Waals surface area (Å²) < 4.78 is 27.9. The third-order valence-corrected chi connectivity index (χ3v) is 3.00. The highest BCUT2D eigenvalue weighted by Gasteiger charge is 2.51. The van der Waals surface area contributed by atoms with Crippen LogP contribution in [0.4, 0.5) is 0 Å². The van der Waals surface area contributed by atoms with Crippen LogP contribution in [0.5, 0.6) is 0 Å². The van der Waals surface area contributed by atoms with E-state index in [0.717, 1.165) is 0 Å². The van der Waals surface area contributed by atoms with Crippen LogP contribution in [0, 0.1) is 0 Å². The molecular formula is C6H7NO6S. The molecule has 1 fully saturated rings. The summed E-state index contributed by atoms with van der Waals surface area (Å²) in [6.07, 6.45) is 0. The second-order valence-corrected chi connectivity index (χ2v) is 4.24. The van der Waals surface area contributed by atoms with Gasteiger partial charge in [0.05, 0.1) is 6.61 Å². The third kappa shape index (κ3) is 1.60. The van der Waals surface area contributed by atoms with E-state index in [-0.39, 0.29) is 6.61 Å². The Morgan fingerprint density at radius 1 is 1.50 bits per heavy atom. The molecule has 1 unspecified atom stereocenters. The first-order chi connectivity index (χ1) is 6.40. The van der Waals surface area contributed by atoms with Crippen LogP contribution < -0.4 is 4.72 Å². The van der Waals surface area contributed by atoms with Gasteiger partial charge >= 0.3 is 11.9 Å². The smallest absolute Gasteiger partial charge is 0.334 e. The first-order valence-electron chi connectivity index (χ1n) is 3.66. The number of ketones is 1. The lowest BCUT2D eigenvalue weighted by molar-refractivity contribution is -0.147. The van der Waals surface area contributed by atoms with Gasteiger partial charge in [-0.05, 0) is 6.92 Å². The minimum atomic E-state index is -4.23. The number of rotatable bonds is 2. The average molecular weight is 221 g/mol. The number of hydrogen-bond acceptors (Lipinski definition) is 6. The molecule has 0 aromatic rings. The van der Waals surface area contributed by atoms with E-state index in [4.69, 9.17) is 0 Å². The highest BCUT2D eigenvalue weighted by atomic mass is 32.2. The van der Waals surface area contributed by atoms with Gasteiger partial charge < -0.3 is 4.74 Å². The molecule has 78 valence electrons. The van der Waals surface area contributed by atoms with E-state index in [1.54, 1.807) is 0 Å². The second kappa shape index (κ2) is 3.37. The predicted molar refractivity (Wildman–Crippen MR) is 42.5 cm³/mol. The quantitative estimate of drug-likeness (QED) is 0.326. The largest absolute Gasteiger partial charge is 0.465 e. The SMILES string of the molecule is CCOC(=O)C1C(=O)C(=O)NS1(=O)=O. The molecule has 0 radical (unpaired) electrons. The zero-order valence-corrected chi connectivity index (χ0v) is 7.96. The summed E-state index contributed by atoms with van der Waals surface area (Å²) in [7, 11) is -4.23. The maximum absolute atomic E-state index is 11.0. The van der Waals surface area contributed by atoms with Crippen LogP contribution in [-0.2, 0) is 29.1 Å². The summed E-state index contributed by atoms with van der Waals surface area (Å²) in [5, 5.41) is -2.05. The Labute approximate surface area is 79.5 Å². The Kier molecular flexibility index (Phi) is 2.56. The average Bonchev–Trinajstić information content (AvgIpc) is 2.21. The van der Waals surface area contributed by atoms with Gasteiger partial charge in [0.15, 0.2) is 0 Å². The molecule has 0 bridgehead atoms. The molecule has 1 saturated heterocycles. The molecule has 0 aromatic heterocycles. The van der Waals surface area contributed by atoms with E-state index in [2.05, 4.69) is 4.74 Å². The van der Waals surface area contributed by atoms with Crippen LogP contribution in [0.15, 0.2) is 0 Å². The van der Waals surface area contributed by atoms with Crippen molar-refractivity contribution in [2.45, 2.75) is 12.2 Å². The molecule has 1 amide bonds. The lowest BCUT2D eigenvalue weighted by Crippen LogP contribution is -2.35. The number of amides is 1. The fourth-order valence-corrected chi connectivity index (χ4v) is 2.14. The number of Topliss-reactive ketones (excluding diaryl/α,β-unsaturated/α-hetero) is 1. The monoisotopic (exact) mass is 221 g/mol. The van der Waals surface area contributed by atoms with Crippen LogP contribution in [0.2, 0.25) is 0 Å². The van der Waals surface area contributed by atoms with Crippen molar-refractivity contribution in [1.82, 2.24) is 4.72 Å². The van der Waals surface area contributed by atoms with Crippen molar-refractivity contribution in [3.05, 3.63) is 0 Å². The Hall–Kier alpha value is -1.44. The Morgan fingerprint density at radius 3 is 2.43 bits per heavy atom. The number of carbonyl (C=O) groups excluding carboxylic acids is 3. The summed E-state index contributed by atoms with van der Waals surface area (Å²) in [6.45, 7) is 1.39. The van der Waals surface area contributed by atoms with Crippen LogP contribution in [0.25, 0.3) is 0 Å². The molecule has 7 nitrogen and oxygen atoms in total. The van der Waals surface area contributed by atoms with Gasteiger partial charge in [0.25, 0.3) is 15.8 Å². The maximum Gasteiger partial charge on any atom is 0.334 e. The normalized spacial score (nSPS) is 24.5. The van der Waals surface area contributed by atoms with E-state index in [0.29, 0.717) is 0 Å². The van der Waals surface area contributed by atoms with E-state index >= 15 is 0 Å². The van der Waals surface area contributed by atoms with Crippen molar-refractivity contribution in [3.63, 3.8) is 0 Å². The number of nitrogens with one attached hydrogen (secondary N) is 1. The molecule has 0 aliphatic carbocycles. The number of sulfonamides is 1. The molecule has 1 heterocycles. The van der Waals surface area contributed by atoms with Gasteiger partial charge in [0.2, 0.25) is 5.25 Å². The van der Waals surface area contributed by atoms with Crippen molar-refractivity contribution in [2.24, 2.45) is 0 Å². The second-order valence-electron chi connectivity index (χ2n) is 2.47. The topological polar surface area (TPSA) is 107 Å². The summed E-state index contributed by atoms with van der Waals surface area (Å²) in [5.41, 5.74) is 0. The molecule has 1 aliphatic heterocycles. The van der Waals surface area contributed by atoms with Gasteiger partial charge in [-0.3, -0.25) is 14.4 Å². The van der Waals surface area contributed by atoms with Crippen molar-refractivity contribution in [3.8, 4) is 0 Å². The maximum atomic E-state index is 11.0. The van der Waals surface area contributed by atoms with Gasteiger partial charge in [0, 0.05) is 0 Å². The molecular weight excluding hydrogens is 214 g/mol. The molecule has 0 saturated carbocycles. The first-order valence-corrected chi connectivity index (χ1v) is 5.21. The van der Waals surface area contributed by atoms with E-state index < -0.39 is 32.9 Å². The molecule has 1 aliphatic rings. The zero-order chi connectivity index (χ0) is 10.9. The summed E-state index contributed by atoms with van der Waals surface area (Å²) in [6, 6.07) is 0. The summed E-state index contributed by atoms with van der Waals surface area (Å²) in [5.74, 6) is -3.83. The van der Waals surface area contributed by atoms with E-state index in [1.165, 1.54) is 11.6 Å². The van der Waals surface area contributed by atoms with E-state index in [1.807, 2.05) is 0 Å². The predicted octanol–water partition coefficient (Wildman–Crippen LogP) is -2.05. The van der Waals surface area contributed by atoms with Gasteiger partial charge in [-0.15, -0.1) is 0 Å². The molecule has 1 atom stereocenters. The van der Waals surface area contributed by atoms with Crippen molar-refractivity contribution in [2.75, 3.05) is 6.61 Å². The Bertz CT molecular complexity index is 397.